The van der Waals surface area contributed by atoms with Crippen molar-refractivity contribution in [2.75, 3.05) is 0 Å². The molecule has 0 saturated carbocycles. The van der Waals surface area contributed by atoms with Gasteiger partial charge in [0.05, 0.1) is 0 Å². The van der Waals surface area contributed by atoms with E-state index in [2.05, 4.69) is 97.7 Å². The lowest BCUT2D eigenvalue weighted by atomic mass is 9.92. The number of benzene rings is 2. The Hall–Kier alpha value is -3.26. The summed E-state index contributed by atoms with van der Waals surface area (Å²) in [4.78, 5) is 9.39. The van der Waals surface area contributed by atoms with Gasteiger partial charge in [-0.3, -0.25) is 9.97 Å². The fraction of sp³-hybridized carbons (Fsp3) is 0.214. The van der Waals surface area contributed by atoms with Crippen molar-refractivity contribution in [1.29, 1.82) is 0 Å². The van der Waals surface area contributed by atoms with Crippen LogP contribution in [0.25, 0.3) is 22.3 Å². The average Bonchev–Trinajstić information content (AvgIpc) is 2.83. The first-order valence-corrected chi connectivity index (χ1v) is 10.7. The largest absolute Gasteiger partial charge is 0.261 e. The number of pyridine rings is 2. The standard InChI is InChI=1S/C28H28N2/c1-21(27-16-15-26(20-30-27)24-11-7-4-8-12-24)13-14-22(2)28-19-25(17-18-29-28)23-9-5-3-6-10-23/h3-12,15-22H,13-14H2,1-2H3. The molecule has 0 aliphatic heterocycles. The summed E-state index contributed by atoms with van der Waals surface area (Å²) in [5.41, 5.74) is 7.18. The zero-order chi connectivity index (χ0) is 20.8. The van der Waals surface area contributed by atoms with Crippen molar-refractivity contribution in [3.05, 3.63) is 109 Å². The molecule has 0 spiro atoms. The molecule has 0 amide bonds. The zero-order valence-corrected chi connectivity index (χ0v) is 17.7. The molecule has 4 rings (SSSR count). The summed E-state index contributed by atoms with van der Waals surface area (Å²) in [6.45, 7) is 4.54. The summed E-state index contributed by atoms with van der Waals surface area (Å²) in [5.74, 6) is 0.842. The molecule has 2 heteroatoms. The Labute approximate surface area is 179 Å². The zero-order valence-electron chi connectivity index (χ0n) is 17.7. The van der Waals surface area contributed by atoms with Crippen LogP contribution >= 0.6 is 0 Å². The number of aromatic nitrogens is 2. The second kappa shape index (κ2) is 9.49. The van der Waals surface area contributed by atoms with Gasteiger partial charge in [0.25, 0.3) is 0 Å². The molecule has 0 radical (unpaired) electrons. The van der Waals surface area contributed by atoms with Crippen LogP contribution in [0.3, 0.4) is 0 Å². The van der Waals surface area contributed by atoms with E-state index in [1.54, 1.807) is 0 Å². The minimum atomic E-state index is 0.416. The van der Waals surface area contributed by atoms with Gasteiger partial charge in [0, 0.05) is 29.3 Å². The van der Waals surface area contributed by atoms with E-state index in [0.29, 0.717) is 11.8 Å². The predicted octanol–water partition coefficient (Wildman–Crippen LogP) is 7.50. The lowest BCUT2D eigenvalue weighted by Gasteiger charge is -2.16. The molecule has 150 valence electrons. The first-order valence-electron chi connectivity index (χ1n) is 10.7. The SMILES string of the molecule is CC(CCC(C)c1cc(-c2ccccc2)ccn1)c1ccc(-c2ccccc2)cn1. The summed E-state index contributed by atoms with van der Waals surface area (Å²) < 4.78 is 0. The van der Waals surface area contributed by atoms with E-state index < -0.39 is 0 Å². The van der Waals surface area contributed by atoms with Gasteiger partial charge in [-0.25, -0.2) is 0 Å². The van der Waals surface area contributed by atoms with Crippen molar-refractivity contribution in [2.24, 2.45) is 0 Å². The van der Waals surface area contributed by atoms with Crippen LogP contribution in [0.1, 0.15) is 49.9 Å². The van der Waals surface area contributed by atoms with Crippen LogP contribution in [-0.2, 0) is 0 Å². The Balaban J connectivity index is 1.38. The molecule has 2 unspecified atom stereocenters. The van der Waals surface area contributed by atoms with Crippen molar-refractivity contribution in [1.82, 2.24) is 9.97 Å². The van der Waals surface area contributed by atoms with Crippen molar-refractivity contribution < 1.29 is 0 Å². The highest BCUT2D eigenvalue weighted by molar-refractivity contribution is 5.63. The molecule has 2 aromatic heterocycles. The summed E-state index contributed by atoms with van der Waals surface area (Å²) >= 11 is 0. The van der Waals surface area contributed by atoms with Gasteiger partial charge in [0.2, 0.25) is 0 Å². The van der Waals surface area contributed by atoms with Crippen molar-refractivity contribution in [3.63, 3.8) is 0 Å². The molecule has 0 saturated heterocycles. The van der Waals surface area contributed by atoms with Gasteiger partial charge in [0.1, 0.15) is 0 Å². The summed E-state index contributed by atoms with van der Waals surface area (Å²) in [5, 5.41) is 0. The van der Waals surface area contributed by atoms with Crippen LogP contribution < -0.4 is 0 Å². The molecule has 30 heavy (non-hydrogen) atoms. The highest BCUT2D eigenvalue weighted by Gasteiger charge is 2.13. The first-order chi connectivity index (χ1) is 14.7. The van der Waals surface area contributed by atoms with E-state index in [1.807, 2.05) is 18.5 Å². The Kier molecular flexibility index (Phi) is 6.34. The minimum absolute atomic E-state index is 0.416. The van der Waals surface area contributed by atoms with Crippen molar-refractivity contribution >= 4 is 0 Å². The smallest absolute Gasteiger partial charge is 0.0437 e. The minimum Gasteiger partial charge on any atom is -0.261 e. The topological polar surface area (TPSA) is 25.8 Å². The molecule has 0 aliphatic carbocycles. The van der Waals surface area contributed by atoms with Crippen LogP contribution in [0.4, 0.5) is 0 Å². The highest BCUT2D eigenvalue weighted by atomic mass is 14.7. The van der Waals surface area contributed by atoms with Crippen molar-refractivity contribution in [3.8, 4) is 22.3 Å². The maximum absolute atomic E-state index is 4.74. The van der Waals surface area contributed by atoms with E-state index in [0.717, 1.165) is 24.2 Å². The van der Waals surface area contributed by atoms with Gasteiger partial charge < -0.3 is 0 Å². The second-order valence-electron chi connectivity index (χ2n) is 8.05. The number of nitrogens with zero attached hydrogens (tertiary/aromatic N) is 2. The van der Waals surface area contributed by atoms with Gasteiger partial charge in [-0.2, -0.15) is 0 Å². The van der Waals surface area contributed by atoms with Crippen molar-refractivity contribution in [2.45, 2.75) is 38.5 Å². The molecular weight excluding hydrogens is 364 g/mol. The summed E-state index contributed by atoms with van der Waals surface area (Å²) in [6.07, 6.45) is 6.11. The predicted molar refractivity (Wildman–Crippen MR) is 125 cm³/mol. The number of hydrogen-bond acceptors (Lipinski definition) is 2. The van der Waals surface area contributed by atoms with Gasteiger partial charge in [-0.1, -0.05) is 80.6 Å². The molecule has 2 atom stereocenters. The molecule has 2 heterocycles. The normalized spacial score (nSPS) is 13.0. The highest BCUT2D eigenvalue weighted by Crippen LogP contribution is 2.29. The molecule has 0 bridgehead atoms. The molecule has 0 N–H and O–H groups in total. The van der Waals surface area contributed by atoms with E-state index >= 15 is 0 Å². The lowest BCUT2D eigenvalue weighted by Crippen LogP contribution is -2.02. The molecule has 2 nitrogen and oxygen atoms in total. The van der Waals surface area contributed by atoms with E-state index in [9.17, 15) is 0 Å². The van der Waals surface area contributed by atoms with Gasteiger partial charge in [-0.15, -0.1) is 0 Å². The van der Waals surface area contributed by atoms with Crippen LogP contribution in [0.5, 0.6) is 0 Å². The van der Waals surface area contributed by atoms with Gasteiger partial charge >= 0.3 is 0 Å². The molecule has 4 aromatic rings. The maximum atomic E-state index is 4.74. The molecular formula is C28H28N2. The van der Waals surface area contributed by atoms with Crippen LogP contribution in [0.2, 0.25) is 0 Å². The third-order valence-corrected chi connectivity index (χ3v) is 5.82. The lowest BCUT2D eigenvalue weighted by molar-refractivity contribution is 0.558. The summed E-state index contributed by atoms with van der Waals surface area (Å²) in [7, 11) is 0. The molecule has 2 aromatic carbocycles. The number of hydrogen-bond donors (Lipinski definition) is 0. The Morgan fingerprint density at radius 3 is 1.77 bits per heavy atom. The summed E-state index contributed by atoms with van der Waals surface area (Å²) in [6, 6.07) is 29.6. The van der Waals surface area contributed by atoms with Crippen LogP contribution in [0, 0.1) is 0 Å². The number of rotatable bonds is 7. The van der Waals surface area contributed by atoms with E-state index in [4.69, 9.17) is 4.98 Å². The fourth-order valence-corrected chi connectivity index (χ4v) is 3.82. The van der Waals surface area contributed by atoms with Crippen LogP contribution in [0.15, 0.2) is 97.3 Å². The first kappa shape index (κ1) is 20.0. The monoisotopic (exact) mass is 392 g/mol. The Bertz CT molecular complexity index is 1060. The third kappa shape index (κ3) is 4.83. The van der Waals surface area contributed by atoms with Gasteiger partial charge in [0.15, 0.2) is 0 Å². The Morgan fingerprint density at radius 2 is 1.17 bits per heavy atom. The average molecular weight is 393 g/mol. The second-order valence-corrected chi connectivity index (χ2v) is 8.05. The molecule has 0 fully saturated rings. The van der Waals surface area contributed by atoms with Gasteiger partial charge in [-0.05, 0) is 59.6 Å². The third-order valence-electron chi connectivity index (χ3n) is 5.82. The fourth-order valence-electron chi connectivity index (χ4n) is 3.82. The quantitative estimate of drug-likeness (QED) is 0.325. The van der Waals surface area contributed by atoms with E-state index in [1.165, 1.54) is 22.3 Å². The Morgan fingerprint density at radius 1 is 0.567 bits per heavy atom. The maximum Gasteiger partial charge on any atom is 0.0437 e. The van der Waals surface area contributed by atoms with E-state index in [-0.39, 0.29) is 0 Å². The van der Waals surface area contributed by atoms with Crippen LogP contribution in [-0.4, -0.2) is 9.97 Å². The molecule has 0 aliphatic rings.